The number of benzene rings is 2. The van der Waals surface area contributed by atoms with Gasteiger partial charge in [0.2, 0.25) is 0 Å². The summed E-state index contributed by atoms with van der Waals surface area (Å²) in [6.07, 6.45) is 3.08. The number of rotatable bonds is 7. The number of nitrogens with one attached hydrogen (secondary N) is 1. The van der Waals surface area contributed by atoms with Crippen LogP contribution in [0.3, 0.4) is 0 Å². The molecule has 0 saturated heterocycles. The molecule has 0 spiro atoms. The molecule has 1 atom stereocenters. The molecule has 1 amide bonds. The van der Waals surface area contributed by atoms with Crippen LogP contribution in [0.25, 0.3) is 5.69 Å². The minimum atomic E-state index is -0.468. The van der Waals surface area contributed by atoms with Crippen LogP contribution in [0, 0.1) is 0 Å². The highest BCUT2D eigenvalue weighted by Crippen LogP contribution is 2.24. The van der Waals surface area contributed by atoms with Gasteiger partial charge < -0.3 is 10.1 Å². The maximum atomic E-state index is 12.2. The largest absolute Gasteiger partial charge is 0.456 e. The normalized spacial score (nSPS) is 11.6. The van der Waals surface area contributed by atoms with Crippen LogP contribution in [-0.4, -0.2) is 33.2 Å². The van der Waals surface area contributed by atoms with Crippen molar-refractivity contribution in [3.8, 4) is 5.69 Å². The lowest BCUT2D eigenvalue weighted by Gasteiger charge is -2.13. The predicted octanol–water partition coefficient (Wildman–Crippen LogP) is 3.60. The highest BCUT2D eigenvalue weighted by atomic mass is 35.5. The molecule has 0 bridgehead atoms. The van der Waals surface area contributed by atoms with Crippen molar-refractivity contribution in [2.24, 2.45) is 0 Å². The Hall–Kier alpha value is -3.19. The number of ether oxygens (including phenoxy) is 1. The van der Waals surface area contributed by atoms with E-state index in [1.165, 1.54) is 17.3 Å². The number of anilines is 1. The number of halogens is 1. The van der Waals surface area contributed by atoms with Crippen molar-refractivity contribution in [1.82, 2.24) is 14.8 Å². The van der Waals surface area contributed by atoms with E-state index >= 15 is 0 Å². The van der Waals surface area contributed by atoms with Crippen molar-refractivity contribution >= 4 is 29.2 Å². The standard InChI is InChI=1S/C20H19ClN4O3/c1-14(15-5-3-2-4-6-15)9-20(27)28-11-19(26)24-17-10-16(21)7-8-18(17)25-13-22-12-23-25/h2-8,10,12-14H,9,11H2,1H3,(H,24,26)/t14-/m1/s1. The predicted molar refractivity (Wildman–Crippen MR) is 105 cm³/mol. The lowest BCUT2D eigenvalue weighted by molar-refractivity contribution is -0.147. The third kappa shape index (κ3) is 5.17. The summed E-state index contributed by atoms with van der Waals surface area (Å²) in [5.41, 5.74) is 2.08. The second kappa shape index (κ2) is 9.14. The topological polar surface area (TPSA) is 86.1 Å². The van der Waals surface area contributed by atoms with Crippen molar-refractivity contribution < 1.29 is 14.3 Å². The van der Waals surface area contributed by atoms with Crippen molar-refractivity contribution in [1.29, 1.82) is 0 Å². The van der Waals surface area contributed by atoms with Crippen molar-refractivity contribution in [3.63, 3.8) is 0 Å². The SMILES string of the molecule is C[C@H](CC(=O)OCC(=O)Nc1cc(Cl)ccc1-n1cncn1)c1ccccc1. The van der Waals surface area contributed by atoms with Gasteiger partial charge >= 0.3 is 5.97 Å². The number of carbonyl (C=O) groups is 2. The van der Waals surface area contributed by atoms with Gasteiger partial charge in [-0.1, -0.05) is 48.9 Å². The van der Waals surface area contributed by atoms with E-state index in [1.54, 1.807) is 18.2 Å². The van der Waals surface area contributed by atoms with Gasteiger partial charge in [0, 0.05) is 5.02 Å². The number of hydrogen-bond acceptors (Lipinski definition) is 5. The Morgan fingerprint density at radius 1 is 1.21 bits per heavy atom. The molecule has 8 heteroatoms. The van der Waals surface area contributed by atoms with Gasteiger partial charge in [-0.2, -0.15) is 5.10 Å². The average Bonchev–Trinajstić information content (AvgIpc) is 3.22. The Balaban J connectivity index is 1.56. The zero-order valence-corrected chi connectivity index (χ0v) is 16.0. The van der Waals surface area contributed by atoms with E-state index in [1.807, 2.05) is 37.3 Å². The molecule has 0 fully saturated rings. The summed E-state index contributed by atoms with van der Waals surface area (Å²) in [7, 11) is 0. The molecule has 0 aliphatic carbocycles. The number of hydrogen-bond donors (Lipinski definition) is 1. The number of esters is 1. The molecule has 0 unspecified atom stereocenters. The Labute approximate surface area is 167 Å². The van der Waals surface area contributed by atoms with Crippen LogP contribution in [0.1, 0.15) is 24.8 Å². The van der Waals surface area contributed by atoms with Gasteiger partial charge in [0.1, 0.15) is 12.7 Å². The van der Waals surface area contributed by atoms with Crippen molar-refractivity contribution in [2.45, 2.75) is 19.3 Å². The smallest absolute Gasteiger partial charge is 0.306 e. The lowest BCUT2D eigenvalue weighted by atomic mass is 9.98. The molecule has 3 rings (SSSR count). The summed E-state index contributed by atoms with van der Waals surface area (Å²) < 4.78 is 6.61. The van der Waals surface area contributed by atoms with Crippen LogP contribution >= 0.6 is 11.6 Å². The van der Waals surface area contributed by atoms with E-state index in [-0.39, 0.29) is 18.9 Å². The van der Waals surface area contributed by atoms with Crippen LogP contribution in [0.4, 0.5) is 5.69 Å². The third-order valence-corrected chi connectivity index (χ3v) is 4.34. The van der Waals surface area contributed by atoms with Gasteiger partial charge in [-0.25, -0.2) is 9.67 Å². The quantitative estimate of drug-likeness (QED) is 0.614. The Kier molecular flexibility index (Phi) is 6.39. The molecule has 28 heavy (non-hydrogen) atoms. The number of amides is 1. The van der Waals surface area contributed by atoms with Gasteiger partial charge in [0.25, 0.3) is 5.91 Å². The van der Waals surface area contributed by atoms with Gasteiger partial charge in [0.05, 0.1) is 17.8 Å². The van der Waals surface area contributed by atoms with E-state index in [2.05, 4.69) is 15.4 Å². The fraction of sp³-hybridized carbons (Fsp3) is 0.200. The van der Waals surface area contributed by atoms with Crippen LogP contribution in [-0.2, 0) is 14.3 Å². The molecule has 1 N–H and O–H groups in total. The van der Waals surface area contributed by atoms with Crippen LogP contribution in [0.5, 0.6) is 0 Å². The zero-order valence-electron chi connectivity index (χ0n) is 15.2. The van der Waals surface area contributed by atoms with E-state index in [0.29, 0.717) is 16.4 Å². The second-order valence-electron chi connectivity index (χ2n) is 6.23. The highest BCUT2D eigenvalue weighted by molar-refractivity contribution is 6.31. The van der Waals surface area contributed by atoms with E-state index in [4.69, 9.17) is 16.3 Å². The molecule has 2 aromatic carbocycles. The first kappa shape index (κ1) is 19.6. The van der Waals surface area contributed by atoms with E-state index in [9.17, 15) is 9.59 Å². The zero-order chi connectivity index (χ0) is 19.9. The van der Waals surface area contributed by atoms with Gasteiger partial charge in [0.15, 0.2) is 6.61 Å². The Morgan fingerprint density at radius 3 is 2.71 bits per heavy atom. The van der Waals surface area contributed by atoms with Crippen LogP contribution in [0.2, 0.25) is 5.02 Å². The number of aromatic nitrogens is 3. The first-order chi connectivity index (χ1) is 13.5. The molecule has 7 nitrogen and oxygen atoms in total. The molecule has 144 valence electrons. The molecule has 1 aromatic heterocycles. The molecule has 0 radical (unpaired) electrons. The molecular formula is C20H19ClN4O3. The molecular weight excluding hydrogens is 380 g/mol. The Morgan fingerprint density at radius 2 is 2.00 bits per heavy atom. The monoisotopic (exact) mass is 398 g/mol. The summed E-state index contributed by atoms with van der Waals surface area (Å²) in [5.74, 6) is -0.901. The summed E-state index contributed by atoms with van der Waals surface area (Å²) in [6, 6.07) is 14.6. The summed E-state index contributed by atoms with van der Waals surface area (Å²) in [6.45, 7) is 1.55. The maximum absolute atomic E-state index is 12.2. The minimum absolute atomic E-state index is 0.00334. The molecule has 0 aliphatic heterocycles. The summed E-state index contributed by atoms with van der Waals surface area (Å²) in [4.78, 5) is 28.2. The first-order valence-electron chi connectivity index (χ1n) is 8.68. The maximum Gasteiger partial charge on any atom is 0.306 e. The summed E-state index contributed by atoms with van der Waals surface area (Å²) in [5, 5.41) is 7.19. The molecule has 1 heterocycles. The Bertz CT molecular complexity index is 945. The van der Waals surface area contributed by atoms with Gasteiger partial charge in [-0.15, -0.1) is 0 Å². The number of carbonyl (C=O) groups excluding carboxylic acids is 2. The van der Waals surface area contributed by atoms with Crippen LogP contribution in [0.15, 0.2) is 61.2 Å². The van der Waals surface area contributed by atoms with Gasteiger partial charge in [-0.3, -0.25) is 9.59 Å². The van der Waals surface area contributed by atoms with E-state index < -0.39 is 11.9 Å². The summed E-state index contributed by atoms with van der Waals surface area (Å²) >= 11 is 6.02. The lowest BCUT2D eigenvalue weighted by Crippen LogP contribution is -2.22. The molecule has 0 saturated carbocycles. The first-order valence-corrected chi connectivity index (χ1v) is 9.05. The molecule has 3 aromatic rings. The van der Waals surface area contributed by atoms with Crippen LogP contribution < -0.4 is 5.32 Å². The fourth-order valence-corrected chi connectivity index (χ4v) is 2.85. The second-order valence-corrected chi connectivity index (χ2v) is 6.66. The molecule has 0 aliphatic rings. The number of nitrogens with zero attached hydrogens (tertiary/aromatic N) is 3. The fourth-order valence-electron chi connectivity index (χ4n) is 2.68. The average molecular weight is 399 g/mol. The minimum Gasteiger partial charge on any atom is -0.456 e. The van der Waals surface area contributed by atoms with Crippen molar-refractivity contribution in [3.05, 3.63) is 71.8 Å². The van der Waals surface area contributed by atoms with Gasteiger partial charge in [-0.05, 0) is 29.7 Å². The third-order valence-electron chi connectivity index (χ3n) is 4.10. The van der Waals surface area contributed by atoms with Crippen molar-refractivity contribution in [2.75, 3.05) is 11.9 Å². The highest BCUT2D eigenvalue weighted by Gasteiger charge is 2.15. The van der Waals surface area contributed by atoms with E-state index in [0.717, 1.165) is 5.56 Å².